The van der Waals surface area contributed by atoms with Gasteiger partial charge in [0.15, 0.2) is 0 Å². The van der Waals surface area contributed by atoms with Crippen LogP contribution in [0.2, 0.25) is 5.02 Å². The van der Waals surface area contributed by atoms with E-state index in [0.29, 0.717) is 23.3 Å². The van der Waals surface area contributed by atoms with Crippen molar-refractivity contribution in [2.75, 3.05) is 25.5 Å². The second-order valence-corrected chi connectivity index (χ2v) is 6.10. The van der Waals surface area contributed by atoms with E-state index in [0.717, 1.165) is 6.54 Å². The minimum absolute atomic E-state index is 0.186. The topological polar surface area (TPSA) is 44.4 Å². The van der Waals surface area contributed by atoms with Crippen molar-refractivity contribution in [3.63, 3.8) is 0 Å². The lowest BCUT2D eigenvalue weighted by Crippen LogP contribution is -2.40. The molecule has 2 rings (SSSR count). The maximum absolute atomic E-state index is 11.8. The van der Waals surface area contributed by atoms with E-state index < -0.39 is 0 Å². The van der Waals surface area contributed by atoms with Gasteiger partial charge in [-0.05, 0) is 38.1 Å². The fraction of sp³-hybridized carbons (Fsp3) is 0.562. The highest BCUT2D eigenvalue weighted by Gasteiger charge is 2.17. The number of nitrogens with one attached hydrogen (secondary N) is 2. The van der Waals surface area contributed by atoms with Gasteiger partial charge in [-0.2, -0.15) is 0 Å². The fourth-order valence-electron chi connectivity index (χ4n) is 2.79. The molecule has 1 saturated carbocycles. The van der Waals surface area contributed by atoms with E-state index in [-0.39, 0.29) is 6.03 Å². The summed E-state index contributed by atoms with van der Waals surface area (Å²) >= 11 is 5.88. The Labute approximate surface area is 131 Å². The summed E-state index contributed by atoms with van der Waals surface area (Å²) in [6.07, 6.45) is 6.59. The van der Waals surface area contributed by atoms with E-state index in [1.54, 1.807) is 12.1 Å². The van der Waals surface area contributed by atoms with Gasteiger partial charge in [-0.3, -0.25) is 0 Å². The summed E-state index contributed by atoms with van der Waals surface area (Å²) in [6.45, 7) is 1.53. The second-order valence-electron chi connectivity index (χ2n) is 5.66. The Bertz CT molecular complexity index is 461. The van der Waals surface area contributed by atoms with Crippen LogP contribution < -0.4 is 10.6 Å². The average molecular weight is 310 g/mol. The molecule has 0 unspecified atom stereocenters. The van der Waals surface area contributed by atoms with Crippen molar-refractivity contribution in [1.29, 1.82) is 0 Å². The Morgan fingerprint density at radius 3 is 2.81 bits per heavy atom. The number of carbonyl (C=O) groups excluding carboxylic acids is 1. The number of anilines is 1. The zero-order valence-corrected chi connectivity index (χ0v) is 13.3. The van der Waals surface area contributed by atoms with Gasteiger partial charge in [-0.1, -0.05) is 36.9 Å². The Morgan fingerprint density at radius 2 is 2.10 bits per heavy atom. The van der Waals surface area contributed by atoms with E-state index in [2.05, 4.69) is 22.6 Å². The molecule has 0 aliphatic heterocycles. The van der Waals surface area contributed by atoms with Crippen LogP contribution in [0, 0.1) is 0 Å². The van der Waals surface area contributed by atoms with Gasteiger partial charge < -0.3 is 15.5 Å². The van der Waals surface area contributed by atoms with Crippen LogP contribution in [-0.4, -0.2) is 37.1 Å². The van der Waals surface area contributed by atoms with E-state index in [1.807, 2.05) is 12.1 Å². The normalized spacial score (nSPS) is 16.0. The van der Waals surface area contributed by atoms with Gasteiger partial charge in [-0.15, -0.1) is 0 Å². The zero-order valence-electron chi connectivity index (χ0n) is 12.6. The number of urea groups is 1. The molecule has 2 amide bonds. The van der Waals surface area contributed by atoms with Crippen molar-refractivity contribution in [3.8, 4) is 0 Å². The molecule has 0 heterocycles. The molecular formula is C16H24ClN3O. The first-order chi connectivity index (χ1) is 10.1. The number of nitrogens with zero attached hydrogens (tertiary/aromatic N) is 1. The average Bonchev–Trinajstić information content (AvgIpc) is 2.48. The number of amides is 2. The van der Waals surface area contributed by atoms with Crippen molar-refractivity contribution in [3.05, 3.63) is 29.3 Å². The summed E-state index contributed by atoms with van der Waals surface area (Å²) in [5.41, 5.74) is 0.709. The minimum atomic E-state index is -0.186. The molecule has 1 aliphatic rings. The molecule has 1 fully saturated rings. The van der Waals surface area contributed by atoms with E-state index in [4.69, 9.17) is 11.6 Å². The highest BCUT2D eigenvalue weighted by molar-refractivity contribution is 6.30. The van der Waals surface area contributed by atoms with Gasteiger partial charge in [0.1, 0.15) is 0 Å². The van der Waals surface area contributed by atoms with Crippen LogP contribution in [0.4, 0.5) is 10.5 Å². The van der Waals surface area contributed by atoms with Crippen molar-refractivity contribution >= 4 is 23.3 Å². The number of rotatable bonds is 5. The smallest absolute Gasteiger partial charge is 0.319 e. The first-order valence-corrected chi connectivity index (χ1v) is 8.03. The van der Waals surface area contributed by atoms with Crippen molar-refractivity contribution in [1.82, 2.24) is 10.2 Å². The lowest BCUT2D eigenvalue weighted by Gasteiger charge is -2.31. The predicted molar refractivity (Wildman–Crippen MR) is 88.0 cm³/mol. The monoisotopic (exact) mass is 309 g/mol. The molecule has 4 nitrogen and oxygen atoms in total. The highest BCUT2D eigenvalue weighted by Crippen LogP contribution is 2.21. The minimum Gasteiger partial charge on any atom is -0.337 e. The molecule has 0 atom stereocenters. The lowest BCUT2D eigenvalue weighted by atomic mass is 9.94. The Kier molecular flexibility index (Phi) is 6.33. The van der Waals surface area contributed by atoms with Crippen LogP contribution in [0.1, 0.15) is 32.1 Å². The molecule has 1 aromatic carbocycles. The molecule has 5 heteroatoms. The lowest BCUT2D eigenvalue weighted by molar-refractivity contribution is 0.192. The van der Waals surface area contributed by atoms with Gasteiger partial charge in [0, 0.05) is 29.8 Å². The van der Waals surface area contributed by atoms with E-state index >= 15 is 0 Å². The summed E-state index contributed by atoms with van der Waals surface area (Å²) in [7, 11) is 2.15. The van der Waals surface area contributed by atoms with Gasteiger partial charge in [0.2, 0.25) is 0 Å². The SMILES string of the molecule is CN(CCNC(=O)Nc1cccc(Cl)c1)C1CCCCC1. The van der Waals surface area contributed by atoms with Gasteiger partial charge >= 0.3 is 6.03 Å². The number of hydrogen-bond donors (Lipinski definition) is 2. The summed E-state index contributed by atoms with van der Waals surface area (Å²) in [4.78, 5) is 14.2. The summed E-state index contributed by atoms with van der Waals surface area (Å²) in [6, 6.07) is 7.64. The van der Waals surface area contributed by atoms with Crippen molar-refractivity contribution < 1.29 is 4.79 Å². The van der Waals surface area contributed by atoms with Crippen molar-refractivity contribution in [2.45, 2.75) is 38.1 Å². The predicted octanol–water partition coefficient (Wildman–Crippen LogP) is 3.73. The molecule has 0 saturated heterocycles. The van der Waals surface area contributed by atoms with Crippen LogP contribution in [-0.2, 0) is 0 Å². The number of hydrogen-bond acceptors (Lipinski definition) is 2. The maximum atomic E-state index is 11.8. The molecule has 21 heavy (non-hydrogen) atoms. The molecule has 116 valence electrons. The van der Waals surface area contributed by atoms with Crippen LogP contribution >= 0.6 is 11.6 Å². The second kappa shape index (κ2) is 8.25. The highest BCUT2D eigenvalue weighted by atomic mass is 35.5. The first-order valence-electron chi connectivity index (χ1n) is 7.66. The molecule has 0 radical (unpaired) electrons. The Hall–Kier alpha value is -1.26. The van der Waals surface area contributed by atoms with Crippen LogP contribution in [0.3, 0.4) is 0 Å². The number of carbonyl (C=O) groups is 1. The van der Waals surface area contributed by atoms with E-state index in [9.17, 15) is 4.79 Å². The molecule has 0 spiro atoms. The number of benzene rings is 1. The standard InChI is InChI=1S/C16H24ClN3O/c1-20(15-8-3-2-4-9-15)11-10-18-16(21)19-14-7-5-6-13(17)12-14/h5-7,12,15H,2-4,8-11H2,1H3,(H2,18,19,21). The van der Waals surface area contributed by atoms with Crippen LogP contribution in [0.5, 0.6) is 0 Å². The van der Waals surface area contributed by atoms with E-state index in [1.165, 1.54) is 32.1 Å². The number of likely N-dealkylation sites (N-methyl/N-ethyl adjacent to an activating group) is 1. The summed E-state index contributed by atoms with van der Waals surface area (Å²) in [5.74, 6) is 0. The van der Waals surface area contributed by atoms with Gasteiger partial charge in [0.25, 0.3) is 0 Å². The van der Waals surface area contributed by atoms with Crippen molar-refractivity contribution in [2.24, 2.45) is 0 Å². The molecule has 1 aromatic rings. The van der Waals surface area contributed by atoms with Crippen LogP contribution in [0.25, 0.3) is 0 Å². The molecule has 2 N–H and O–H groups in total. The number of halogens is 1. The third kappa shape index (κ3) is 5.56. The largest absolute Gasteiger partial charge is 0.337 e. The quantitative estimate of drug-likeness (QED) is 0.870. The van der Waals surface area contributed by atoms with Gasteiger partial charge in [0.05, 0.1) is 0 Å². The third-order valence-electron chi connectivity index (χ3n) is 4.03. The zero-order chi connectivity index (χ0) is 15.1. The Morgan fingerprint density at radius 1 is 1.33 bits per heavy atom. The fourth-order valence-corrected chi connectivity index (χ4v) is 2.98. The third-order valence-corrected chi connectivity index (χ3v) is 4.27. The first kappa shape index (κ1) is 16.1. The molecule has 0 aromatic heterocycles. The molecule has 0 bridgehead atoms. The Balaban J connectivity index is 1.66. The van der Waals surface area contributed by atoms with Crippen LogP contribution in [0.15, 0.2) is 24.3 Å². The molecule has 1 aliphatic carbocycles. The summed E-state index contributed by atoms with van der Waals surface area (Å²) < 4.78 is 0. The maximum Gasteiger partial charge on any atom is 0.319 e. The summed E-state index contributed by atoms with van der Waals surface area (Å²) in [5, 5.41) is 6.28. The van der Waals surface area contributed by atoms with Gasteiger partial charge in [-0.25, -0.2) is 4.79 Å². The molecular weight excluding hydrogens is 286 g/mol.